The lowest BCUT2D eigenvalue weighted by molar-refractivity contribution is 0.269. The highest BCUT2D eigenvalue weighted by molar-refractivity contribution is 4.65. The smallest absolute Gasteiger partial charge is 0.0107 e. The van der Waals surface area contributed by atoms with Gasteiger partial charge in [-0.3, -0.25) is 0 Å². The van der Waals surface area contributed by atoms with Crippen LogP contribution < -0.4 is 21.7 Å². The van der Waals surface area contributed by atoms with E-state index in [1.54, 1.807) is 0 Å². The van der Waals surface area contributed by atoms with Crippen molar-refractivity contribution in [3.8, 4) is 0 Å². The Kier molecular flexibility index (Phi) is 8.65. The molecule has 0 saturated carbocycles. The maximum absolute atomic E-state index is 5.55. The molecule has 0 aliphatic carbocycles. The molecule has 5 N–H and O–H groups in total. The second kappa shape index (κ2) is 9.99. The van der Waals surface area contributed by atoms with Gasteiger partial charge in [0.25, 0.3) is 0 Å². The fourth-order valence-electron chi connectivity index (χ4n) is 1.85. The predicted molar refractivity (Wildman–Crippen MR) is 68.7 cm³/mol. The van der Waals surface area contributed by atoms with Gasteiger partial charge in [-0.2, -0.15) is 0 Å². The first-order chi connectivity index (χ1) is 7.93. The van der Waals surface area contributed by atoms with E-state index in [0.29, 0.717) is 0 Å². The predicted octanol–water partition coefficient (Wildman–Crippen LogP) is -1.58. The van der Waals surface area contributed by atoms with Crippen LogP contribution in [0.25, 0.3) is 0 Å². The van der Waals surface area contributed by atoms with E-state index in [1.165, 1.54) is 0 Å². The summed E-state index contributed by atoms with van der Waals surface area (Å²) in [6, 6.07) is 0. The third kappa shape index (κ3) is 7.14. The first-order valence-electron chi connectivity index (χ1n) is 6.48. The third-order valence-electron chi connectivity index (χ3n) is 2.85. The molecule has 0 aromatic heterocycles. The summed E-state index contributed by atoms with van der Waals surface area (Å²) in [5.41, 5.74) is 5.55. The zero-order valence-electron chi connectivity index (χ0n) is 10.3. The summed E-state index contributed by atoms with van der Waals surface area (Å²) in [4.78, 5) is 2.49. The van der Waals surface area contributed by atoms with Crippen molar-refractivity contribution in [1.82, 2.24) is 20.9 Å². The summed E-state index contributed by atoms with van der Waals surface area (Å²) in [6.45, 7) is 10.6. The minimum absolute atomic E-state index is 0.793. The Morgan fingerprint density at radius 1 is 0.812 bits per heavy atom. The molecule has 1 saturated heterocycles. The molecule has 1 aliphatic heterocycles. The van der Waals surface area contributed by atoms with Crippen molar-refractivity contribution in [1.29, 1.82) is 0 Å². The van der Waals surface area contributed by atoms with E-state index in [9.17, 15) is 0 Å². The van der Waals surface area contributed by atoms with Gasteiger partial charge in [0.1, 0.15) is 0 Å². The number of nitrogens with zero attached hydrogens (tertiary/aromatic N) is 1. The van der Waals surface area contributed by atoms with Gasteiger partial charge in [-0.1, -0.05) is 0 Å². The Bertz CT molecular complexity index is 141. The average molecular weight is 229 g/mol. The van der Waals surface area contributed by atoms with Gasteiger partial charge in [-0.05, 0) is 19.5 Å². The van der Waals surface area contributed by atoms with E-state index in [2.05, 4.69) is 20.9 Å². The number of hydrogen-bond donors (Lipinski definition) is 4. The van der Waals surface area contributed by atoms with Crippen LogP contribution in [0.5, 0.6) is 0 Å². The average Bonchev–Trinajstić information content (AvgIpc) is 2.28. The van der Waals surface area contributed by atoms with Crippen molar-refractivity contribution in [2.75, 3.05) is 65.4 Å². The molecule has 1 rings (SSSR count). The van der Waals surface area contributed by atoms with Crippen molar-refractivity contribution in [2.24, 2.45) is 5.73 Å². The van der Waals surface area contributed by atoms with Crippen LogP contribution >= 0.6 is 0 Å². The second-order valence-electron chi connectivity index (χ2n) is 4.23. The molecule has 16 heavy (non-hydrogen) atoms. The summed E-state index contributed by atoms with van der Waals surface area (Å²) < 4.78 is 0. The Morgan fingerprint density at radius 3 is 1.81 bits per heavy atom. The van der Waals surface area contributed by atoms with Crippen LogP contribution in [0, 0.1) is 0 Å². The largest absolute Gasteiger partial charge is 0.330 e. The maximum atomic E-state index is 5.55. The van der Waals surface area contributed by atoms with Crippen molar-refractivity contribution >= 4 is 0 Å². The summed E-state index contributed by atoms with van der Waals surface area (Å²) in [5.74, 6) is 0. The molecule has 5 nitrogen and oxygen atoms in total. The highest BCUT2D eigenvalue weighted by atomic mass is 15.2. The highest BCUT2D eigenvalue weighted by Gasteiger charge is 2.04. The van der Waals surface area contributed by atoms with E-state index in [4.69, 9.17) is 5.73 Å². The quantitative estimate of drug-likeness (QED) is 0.470. The summed E-state index contributed by atoms with van der Waals surface area (Å²) in [5, 5.41) is 10.3. The second-order valence-corrected chi connectivity index (χ2v) is 4.23. The fourth-order valence-corrected chi connectivity index (χ4v) is 1.85. The van der Waals surface area contributed by atoms with Crippen LogP contribution in [0.1, 0.15) is 6.42 Å². The normalized spacial score (nSPS) is 22.3. The monoisotopic (exact) mass is 229 g/mol. The minimum Gasteiger partial charge on any atom is -0.330 e. The van der Waals surface area contributed by atoms with Crippen molar-refractivity contribution < 1.29 is 0 Å². The van der Waals surface area contributed by atoms with Crippen molar-refractivity contribution in [3.05, 3.63) is 0 Å². The molecule has 0 radical (unpaired) electrons. The molecule has 96 valence electrons. The van der Waals surface area contributed by atoms with Gasteiger partial charge in [0, 0.05) is 52.4 Å². The van der Waals surface area contributed by atoms with Gasteiger partial charge < -0.3 is 26.6 Å². The maximum Gasteiger partial charge on any atom is 0.0107 e. The Hall–Kier alpha value is -0.200. The molecule has 0 atom stereocenters. The van der Waals surface area contributed by atoms with Gasteiger partial charge in [-0.15, -0.1) is 0 Å². The molecule has 0 spiro atoms. The van der Waals surface area contributed by atoms with Gasteiger partial charge in [0.05, 0.1) is 0 Å². The van der Waals surface area contributed by atoms with E-state index >= 15 is 0 Å². The lowest BCUT2D eigenvalue weighted by atomic mass is 10.3. The van der Waals surface area contributed by atoms with Crippen LogP contribution in [0.3, 0.4) is 0 Å². The first-order valence-corrected chi connectivity index (χ1v) is 6.48. The number of nitrogens with one attached hydrogen (secondary N) is 3. The summed E-state index contributed by atoms with van der Waals surface area (Å²) in [7, 11) is 0. The molecule has 0 aromatic rings. The first kappa shape index (κ1) is 13.9. The van der Waals surface area contributed by atoms with E-state index in [1.807, 2.05) is 0 Å². The molecule has 0 aromatic carbocycles. The standard InChI is InChI=1S/C11H27N5/c12-2-1-9-16-10-7-14-5-3-13-4-6-15-8-11-16/h13-15H,1-12H2. The lowest BCUT2D eigenvalue weighted by Crippen LogP contribution is -2.42. The molecule has 1 fully saturated rings. The highest BCUT2D eigenvalue weighted by Crippen LogP contribution is 1.89. The lowest BCUT2D eigenvalue weighted by Gasteiger charge is -2.23. The molecule has 0 amide bonds. The van der Waals surface area contributed by atoms with Gasteiger partial charge >= 0.3 is 0 Å². The molecule has 1 heterocycles. The van der Waals surface area contributed by atoms with Crippen LogP contribution in [-0.4, -0.2) is 70.3 Å². The zero-order chi connectivity index (χ0) is 11.5. The van der Waals surface area contributed by atoms with Gasteiger partial charge in [-0.25, -0.2) is 0 Å². The Morgan fingerprint density at radius 2 is 1.31 bits per heavy atom. The van der Waals surface area contributed by atoms with Crippen LogP contribution in [0.15, 0.2) is 0 Å². The molecule has 0 unspecified atom stereocenters. The van der Waals surface area contributed by atoms with Crippen LogP contribution in [-0.2, 0) is 0 Å². The fraction of sp³-hybridized carbons (Fsp3) is 1.00. The SMILES string of the molecule is NCCCN1CCNCCNCCNCC1. The molecule has 0 bridgehead atoms. The number of rotatable bonds is 3. The summed E-state index contributed by atoms with van der Waals surface area (Å²) in [6.07, 6.45) is 1.10. The third-order valence-corrected chi connectivity index (χ3v) is 2.85. The van der Waals surface area contributed by atoms with Crippen molar-refractivity contribution in [3.63, 3.8) is 0 Å². The zero-order valence-corrected chi connectivity index (χ0v) is 10.3. The molecule has 1 aliphatic rings. The van der Waals surface area contributed by atoms with E-state index in [-0.39, 0.29) is 0 Å². The van der Waals surface area contributed by atoms with Crippen LogP contribution in [0.2, 0.25) is 0 Å². The minimum atomic E-state index is 0.793. The Labute approximate surface area is 99.1 Å². The van der Waals surface area contributed by atoms with Gasteiger partial charge in [0.2, 0.25) is 0 Å². The van der Waals surface area contributed by atoms with E-state index in [0.717, 1.165) is 71.9 Å². The van der Waals surface area contributed by atoms with E-state index < -0.39 is 0 Å². The summed E-state index contributed by atoms with van der Waals surface area (Å²) >= 11 is 0. The molecular weight excluding hydrogens is 202 g/mol. The van der Waals surface area contributed by atoms with Gasteiger partial charge in [0.15, 0.2) is 0 Å². The molecular formula is C11H27N5. The molecule has 5 heteroatoms. The Balaban J connectivity index is 2.19. The topological polar surface area (TPSA) is 65.3 Å². The van der Waals surface area contributed by atoms with Crippen molar-refractivity contribution in [2.45, 2.75) is 6.42 Å². The number of nitrogens with two attached hydrogens (primary N) is 1. The number of hydrogen-bond acceptors (Lipinski definition) is 5. The van der Waals surface area contributed by atoms with Crippen LogP contribution in [0.4, 0.5) is 0 Å².